The average Bonchev–Trinajstić information content (AvgIpc) is 2.93. The second-order valence-electron chi connectivity index (χ2n) is 8.80. The maximum absolute atomic E-state index is 13.4. The minimum atomic E-state index is 0.130. The molecule has 2 saturated heterocycles. The lowest BCUT2D eigenvalue weighted by molar-refractivity contribution is 0.0381. The van der Waals surface area contributed by atoms with Crippen molar-refractivity contribution in [1.82, 2.24) is 24.9 Å². The van der Waals surface area contributed by atoms with E-state index in [2.05, 4.69) is 16.8 Å². The normalized spacial score (nSPS) is 23.1. The predicted octanol–water partition coefficient (Wildman–Crippen LogP) is 1.86. The molecule has 7 heteroatoms. The molecule has 3 aliphatic rings. The molecule has 7 nitrogen and oxygen atoms in total. The number of aromatic nitrogens is 2. The first-order chi connectivity index (χ1) is 14.8. The maximum Gasteiger partial charge on any atom is 0.274 e. The van der Waals surface area contributed by atoms with E-state index in [-0.39, 0.29) is 5.91 Å². The number of hydrogen-bond acceptors (Lipinski definition) is 5. The molecular weight excluding hydrogens is 378 g/mol. The number of amides is 1. The number of allylic oxidation sites excluding steroid dienone is 1. The van der Waals surface area contributed by atoms with E-state index in [1.807, 2.05) is 15.7 Å². The van der Waals surface area contributed by atoms with Crippen molar-refractivity contribution in [2.24, 2.45) is 0 Å². The lowest BCUT2D eigenvalue weighted by atomic mass is 9.91. The third-order valence-electron chi connectivity index (χ3n) is 6.71. The first-order valence-corrected chi connectivity index (χ1v) is 11.8. The lowest BCUT2D eigenvalue weighted by Crippen LogP contribution is -2.43. The lowest BCUT2D eigenvalue weighted by Gasteiger charge is -2.29. The Balaban J connectivity index is 1.42. The van der Waals surface area contributed by atoms with Crippen molar-refractivity contribution in [3.8, 4) is 0 Å². The van der Waals surface area contributed by atoms with Crippen molar-refractivity contribution in [1.29, 1.82) is 0 Å². The van der Waals surface area contributed by atoms with Gasteiger partial charge < -0.3 is 15.0 Å². The zero-order valence-electron chi connectivity index (χ0n) is 18.3. The summed E-state index contributed by atoms with van der Waals surface area (Å²) < 4.78 is 7.45. The second kappa shape index (κ2) is 10.6. The van der Waals surface area contributed by atoms with E-state index in [1.54, 1.807) is 0 Å². The summed E-state index contributed by atoms with van der Waals surface area (Å²) in [5.41, 5.74) is 3.09. The van der Waals surface area contributed by atoms with E-state index in [0.717, 1.165) is 84.6 Å². The number of rotatable bonds is 7. The van der Waals surface area contributed by atoms with Crippen LogP contribution in [-0.2, 0) is 24.1 Å². The molecule has 0 radical (unpaired) electrons. The fourth-order valence-electron chi connectivity index (χ4n) is 4.98. The molecule has 1 aromatic heterocycles. The number of hydrogen-bond donors (Lipinski definition) is 1. The topological polar surface area (TPSA) is 62.6 Å². The highest BCUT2D eigenvalue weighted by Crippen LogP contribution is 2.27. The molecule has 0 spiro atoms. The summed E-state index contributed by atoms with van der Waals surface area (Å²) in [4.78, 5) is 17.8. The number of ether oxygens (including phenoxy) is 1. The van der Waals surface area contributed by atoms with E-state index in [9.17, 15) is 4.79 Å². The van der Waals surface area contributed by atoms with Crippen LogP contribution in [-0.4, -0.2) is 84.0 Å². The quantitative estimate of drug-likeness (QED) is 0.689. The Morgan fingerprint density at radius 1 is 1.17 bits per heavy atom. The van der Waals surface area contributed by atoms with Gasteiger partial charge in [0.15, 0.2) is 5.69 Å². The molecule has 1 aliphatic carbocycles. The summed E-state index contributed by atoms with van der Waals surface area (Å²) in [7, 11) is 0. The molecule has 2 aliphatic heterocycles. The standard InChI is InChI=1S/C23H37N5O2/c1-2-10-28-21-8-7-19(24-9-13-26-14-16-30-17-15-26)18-20(21)22(25-28)23(29)27-11-5-3-4-6-12-27/h2,19,24H,1,3-18H2. The predicted molar refractivity (Wildman–Crippen MR) is 118 cm³/mol. The van der Waals surface area contributed by atoms with Crippen LogP contribution in [0.2, 0.25) is 0 Å². The number of likely N-dealkylation sites (tertiary alicyclic amines) is 1. The van der Waals surface area contributed by atoms with Gasteiger partial charge in [-0.1, -0.05) is 18.9 Å². The van der Waals surface area contributed by atoms with Crippen LogP contribution in [0.5, 0.6) is 0 Å². The highest BCUT2D eigenvalue weighted by atomic mass is 16.5. The molecule has 0 saturated carbocycles. The summed E-state index contributed by atoms with van der Waals surface area (Å²) in [6, 6.07) is 0.413. The number of carbonyl (C=O) groups excluding carboxylic acids is 1. The third-order valence-corrected chi connectivity index (χ3v) is 6.71. The van der Waals surface area contributed by atoms with Crippen LogP contribution in [0.25, 0.3) is 0 Å². The Hall–Kier alpha value is -1.70. The minimum absolute atomic E-state index is 0.130. The van der Waals surface area contributed by atoms with Gasteiger partial charge in [0.05, 0.1) is 19.8 Å². The molecule has 1 amide bonds. The van der Waals surface area contributed by atoms with E-state index in [4.69, 9.17) is 9.84 Å². The summed E-state index contributed by atoms with van der Waals surface area (Å²) in [6.07, 6.45) is 9.49. The van der Waals surface area contributed by atoms with Crippen LogP contribution >= 0.6 is 0 Å². The monoisotopic (exact) mass is 415 g/mol. The molecule has 3 heterocycles. The Morgan fingerprint density at radius 3 is 2.67 bits per heavy atom. The molecule has 4 rings (SSSR count). The zero-order chi connectivity index (χ0) is 20.8. The largest absolute Gasteiger partial charge is 0.379 e. The number of carbonyl (C=O) groups is 1. The first-order valence-electron chi connectivity index (χ1n) is 11.8. The molecule has 0 bridgehead atoms. The van der Waals surface area contributed by atoms with Crippen molar-refractivity contribution < 1.29 is 9.53 Å². The zero-order valence-corrected chi connectivity index (χ0v) is 18.3. The van der Waals surface area contributed by atoms with Gasteiger partial charge in [-0.2, -0.15) is 5.10 Å². The van der Waals surface area contributed by atoms with Crippen LogP contribution < -0.4 is 5.32 Å². The maximum atomic E-state index is 13.4. The van der Waals surface area contributed by atoms with Crippen molar-refractivity contribution in [3.05, 3.63) is 29.6 Å². The van der Waals surface area contributed by atoms with Gasteiger partial charge in [-0.15, -0.1) is 6.58 Å². The van der Waals surface area contributed by atoms with Crippen molar-refractivity contribution in [2.45, 2.75) is 57.5 Å². The van der Waals surface area contributed by atoms with Crippen molar-refractivity contribution in [3.63, 3.8) is 0 Å². The summed E-state index contributed by atoms with van der Waals surface area (Å²) in [6.45, 7) is 12.1. The number of nitrogens with one attached hydrogen (secondary N) is 1. The molecule has 1 aromatic rings. The Kier molecular flexibility index (Phi) is 7.57. The fourth-order valence-corrected chi connectivity index (χ4v) is 4.98. The second-order valence-corrected chi connectivity index (χ2v) is 8.80. The SMILES string of the molecule is C=CCn1nc(C(=O)N2CCCCCC2)c2c1CCC(NCCN1CCOCC1)C2. The van der Waals surface area contributed by atoms with E-state index < -0.39 is 0 Å². The van der Waals surface area contributed by atoms with Crippen molar-refractivity contribution >= 4 is 5.91 Å². The molecule has 30 heavy (non-hydrogen) atoms. The summed E-state index contributed by atoms with van der Waals surface area (Å²) >= 11 is 0. The van der Waals surface area contributed by atoms with Crippen LogP contribution in [0.4, 0.5) is 0 Å². The highest BCUT2D eigenvalue weighted by molar-refractivity contribution is 5.94. The first kappa shape index (κ1) is 21.5. The number of nitrogens with zero attached hydrogens (tertiary/aromatic N) is 4. The molecule has 166 valence electrons. The third kappa shape index (κ3) is 5.13. The molecule has 1 atom stereocenters. The van der Waals surface area contributed by atoms with Crippen molar-refractivity contribution in [2.75, 3.05) is 52.5 Å². The smallest absolute Gasteiger partial charge is 0.274 e. The van der Waals surface area contributed by atoms with E-state index in [1.165, 1.54) is 24.1 Å². The van der Waals surface area contributed by atoms with Crippen LogP contribution in [0.3, 0.4) is 0 Å². The van der Waals surface area contributed by atoms with Gasteiger partial charge in [0, 0.05) is 56.6 Å². The number of fused-ring (bicyclic) bond motifs is 1. The summed E-state index contributed by atoms with van der Waals surface area (Å²) in [5.74, 6) is 0.130. The Labute approximate surface area is 180 Å². The Bertz CT molecular complexity index is 717. The highest BCUT2D eigenvalue weighted by Gasteiger charge is 2.31. The van der Waals surface area contributed by atoms with E-state index >= 15 is 0 Å². The average molecular weight is 416 g/mol. The van der Waals surface area contributed by atoms with E-state index in [0.29, 0.717) is 18.3 Å². The van der Waals surface area contributed by atoms with Gasteiger partial charge in [0.1, 0.15) is 0 Å². The molecule has 2 fully saturated rings. The minimum Gasteiger partial charge on any atom is -0.379 e. The van der Waals surface area contributed by atoms with Gasteiger partial charge in [0.2, 0.25) is 0 Å². The van der Waals surface area contributed by atoms with Gasteiger partial charge in [-0.3, -0.25) is 14.4 Å². The molecular formula is C23H37N5O2. The summed E-state index contributed by atoms with van der Waals surface area (Å²) in [5, 5.41) is 8.52. The Morgan fingerprint density at radius 2 is 1.93 bits per heavy atom. The number of morpholine rings is 1. The van der Waals surface area contributed by atoms with Crippen LogP contribution in [0, 0.1) is 0 Å². The van der Waals surface area contributed by atoms with Gasteiger partial charge in [0.25, 0.3) is 5.91 Å². The van der Waals surface area contributed by atoms with Gasteiger partial charge in [-0.05, 0) is 32.1 Å². The van der Waals surface area contributed by atoms with Gasteiger partial charge >= 0.3 is 0 Å². The fraction of sp³-hybridized carbons (Fsp3) is 0.739. The van der Waals surface area contributed by atoms with Crippen LogP contribution in [0.15, 0.2) is 12.7 Å². The molecule has 1 N–H and O–H groups in total. The molecule has 0 aromatic carbocycles. The van der Waals surface area contributed by atoms with Gasteiger partial charge in [-0.25, -0.2) is 0 Å². The molecule has 1 unspecified atom stereocenters. The van der Waals surface area contributed by atoms with Crippen LogP contribution in [0.1, 0.15) is 53.8 Å².